The average Bonchev–Trinajstić information content (AvgIpc) is 3.14. The average molecular weight is 474 g/mol. The smallest absolute Gasteiger partial charge is 0.430 e. The SMILES string of the molecule is COC(=O)c1cc(NC(=O)[C@@H]([NH3+])C(C)C)n(Cc2ccc(OC)cc2)n1.O=C([O-])C(F)(F)F. The third-order valence-corrected chi connectivity index (χ3v) is 4.29. The zero-order chi connectivity index (χ0) is 25.3. The minimum absolute atomic E-state index is 0.0908. The second kappa shape index (κ2) is 11.9. The van der Waals surface area contributed by atoms with E-state index in [0.29, 0.717) is 12.4 Å². The van der Waals surface area contributed by atoms with Crippen LogP contribution >= 0.6 is 0 Å². The largest absolute Gasteiger partial charge is 0.542 e. The summed E-state index contributed by atoms with van der Waals surface area (Å²) in [5.74, 6) is -2.55. The molecule has 182 valence electrons. The summed E-state index contributed by atoms with van der Waals surface area (Å²) in [4.78, 5) is 32.9. The molecule has 2 aromatic rings. The van der Waals surface area contributed by atoms with Crippen LogP contribution in [0.3, 0.4) is 0 Å². The van der Waals surface area contributed by atoms with Gasteiger partial charge in [0.15, 0.2) is 11.7 Å². The quantitative estimate of drug-likeness (QED) is 0.545. The number of alkyl halides is 3. The number of quaternary nitrogens is 1. The zero-order valence-electron chi connectivity index (χ0n) is 18.4. The third-order valence-electron chi connectivity index (χ3n) is 4.29. The number of carboxylic acid groups (broad SMARTS) is 1. The molecule has 0 aliphatic rings. The first-order chi connectivity index (χ1) is 15.3. The van der Waals surface area contributed by atoms with Crippen molar-refractivity contribution in [1.82, 2.24) is 9.78 Å². The van der Waals surface area contributed by atoms with Crippen LogP contribution in [0.2, 0.25) is 0 Å². The Morgan fingerprint density at radius 2 is 1.73 bits per heavy atom. The number of rotatable bonds is 7. The number of aromatic nitrogens is 2. The Hall–Kier alpha value is -3.61. The maximum atomic E-state index is 12.3. The van der Waals surface area contributed by atoms with E-state index in [4.69, 9.17) is 19.4 Å². The van der Waals surface area contributed by atoms with Crippen LogP contribution in [0.25, 0.3) is 0 Å². The van der Waals surface area contributed by atoms with Crippen molar-refractivity contribution in [2.75, 3.05) is 19.5 Å². The van der Waals surface area contributed by atoms with Crippen LogP contribution < -0.4 is 20.9 Å². The molecule has 0 bridgehead atoms. The van der Waals surface area contributed by atoms with Crippen LogP contribution in [0.15, 0.2) is 30.3 Å². The summed E-state index contributed by atoms with van der Waals surface area (Å²) in [6, 6.07) is 8.54. The monoisotopic (exact) mass is 474 g/mol. The van der Waals surface area contributed by atoms with Gasteiger partial charge in [-0.2, -0.15) is 18.3 Å². The number of amides is 1. The molecular formula is C20H25F3N4O6. The number of benzene rings is 1. The molecule has 4 N–H and O–H groups in total. The number of nitrogens with zero attached hydrogens (tertiary/aromatic N) is 2. The lowest BCUT2D eigenvalue weighted by Crippen LogP contribution is -2.68. The summed E-state index contributed by atoms with van der Waals surface area (Å²) in [6.45, 7) is 4.22. The number of halogens is 3. The molecule has 0 saturated heterocycles. The third kappa shape index (κ3) is 8.44. The summed E-state index contributed by atoms with van der Waals surface area (Å²) < 4.78 is 43.0. The van der Waals surface area contributed by atoms with Gasteiger partial charge < -0.3 is 30.4 Å². The fraction of sp³-hybridized carbons (Fsp3) is 0.400. The number of anilines is 1. The summed E-state index contributed by atoms with van der Waals surface area (Å²) >= 11 is 0. The van der Waals surface area contributed by atoms with Crippen LogP contribution in [0.5, 0.6) is 5.75 Å². The van der Waals surface area contributed by atoms with Crippen molar-refractivity contribution in [2.24, 2.45) is 5.92 Å². The number of methoxy groups -OCH3 is 2. The van der Waals surface area contributed by atoms with Gasteiger partial charge in [0.05, 0.1) is 20.8 Å². The highest BCUT2D eigenvalue weighted by molar-refractivity contribution is 5.95. The second-order valence-corrected chi connectivity index (χ2v) is 7.04. The van der Waals surface area contributed by atoms with E-state index in [-0.39, 0.29) is 17.5 Å². The van der Waals surface area contributed by atoms with E-state index in [1.54, 1.807) is 11.8 Å². The van der Waals surface area contributed by atoms with Crippen molar-refractivity contribution in [2.45, 2.75) is 32.6 Å². The number of carboxylic acids is 1. The van der Waals surface area contributed by atoms with E-state index in [0.717, 1.165) is 11.3 Å². The van der Waals surface area contributed by atoms with E-state index < -0.39 is 24.2 Å². The lowest BCUT2D eigenvalue weighted by Gasteiger charge is -2.13. The van der Waals surface area contributed by atoms with Gasteiger partial charge in [0.1, 0.15) is 17.5 Å². The predicted molar refractivity (Wildman–Crippen MR) is 107 cm³/mol. The van der Waals surface area contributed by atoms with Gasteiger partial charge in [-0.05, 0) is 17.7 Å². The molecule has 13 heteroatoms. The van der Waals surface area contributed by atoms with Gasteiger partial charge in [0, 0.05) is 12.0 Å². The summed E-state index contributed by atoms with van der Waals surface area (Å²) in [5, 5.41) is 15.8. The number of hydrogen-bond donors (Lipinski definition) is 2. The number of carbonyl (C=O) groups excluding carboxylic acids is 3. The molecule has 0 radical (unpaired) electrons. The molecule has 2 rings (SSSR count). The first-order valence-electron chi connectivity index (χ1n) is 9.51. The highest BCUT2D eigenvalue weighted by Gasteiger charge is 2.29. The number of nitrogens with one attached hydrogen (secondary N) is 1. The predicted octanol–water partition coefficient (Wildman–Crippen LogP) is 0.230. The number of carbonyl (C=O) groups is 3. The normalized spacial score (nSPS) is 11.8. The molecule has 1 atom stereocenters. The summed E-state index contributed by atoms with van der Waals surface area (Å²) in [5.41, 5.74) is 4.94. The molecule has 0 saturated carbocycles. The molecule has 0 aliphatic carbocycles. The van der Waals surface area contributed by atoms with Gasteiger partial charge in [0.25, 0.3) is 5.91 Å². The van der Waals surface area contributed by atoms with E-state index in [2.05, 4.69) is 16.1 Å². The molecule has 0 aliphatic heterocycles. The first-order valence-corrected chi connectivity index (χ1v) is 9.51. The molecule has 1 heterocycles. The lowest BCUT2D eigenvalue weighted by atomic mass is 10.1. The van der Waals surface area contributed by atoms with Crippen LogP contribution in [-0.4, -0.2) is 54.1 Å². The molecule has 1 aromatic heterocycles. The molecule has 1 amide bonds. The topological polar surface area (TPSA) is 150 Å². The molecule has 33 heavy (non-hydrogen) atoms. The van der Waals surface area contributed by atoms with Crippen molar-refractivity contribution < 1.29 is 47.9 Å². The van der Waals surface area contributed by atoms with Crippen LogP contribution in [0, 0.1) is 5.92 Å². The Morgan fingerprint density at radius 3 is 2.15 bits per heavy atom. The van der Waals surface area contributed by atoms with Crippen LogP contribution in [0.1, 0.15) is 29.9 Å². The van der Waals surface area contributed by atoms with Crippen molar-refractivity contribution in [3.8, 4) is 5.75 Å². The van der Waals surface area contributed by atoms with Gasteiger partial charge in [0.2, 0.25) is 0 Å². The molecule has 0 fully saturated rings. The minimum Gasteiger partial charge on any atom is -0.542 e. The van der Waals surface area contributed by atoms with Crippen LogP contribution in [-0.2, 0) is 20.9 Å². The second-order valence-electron chi connectivity index (χ2n) is 7.04. The van der Waals surface area contributed by atoms with Crippen molar-refractivity contribution in [1.29, 1.82) is 0 Å². The van der Waals surface area contributed by atoms with Crippen molar-refractivity contribution in [3.63, 3.8) is 0 Å². The van der Waals surface area contributed by atoms with E-state index in [9.17, 15) is 22.8 Å². The van der Waals surface area contributed by atoms with E-state index in [1.807, 2.05) is 38.1 Å². The van der Waals surface area contributed by atoms with E-state index >= 15 is 0 Å². The highest BCUT2D eigenvalue weighted by atomic mass is 19.4. The van der Waals surface area contributed by atoms with Gasteiger partial charge in [-0.1, -0.05) is 26.0 Å². The van der Waals surface area contributed by atoms with Crippen molar-refractivity contribution >= 4 is 23.7 Å². The number of hydrogen-bond acceptors (Lipinski definition) is 7. The van der Waals surface area contributed by atoms with Gasteiger partial charge >= 0.3 is 12.1 Å². The maximum Gasteiger partial charge on any atom is 0.430 e. The van der Waals surface area contributed by atoms with Gasteiger partial charge in [-0.15, -0.1) is 0 Å². The molecule has 1 aromatic carbocycles. The standard InChI is InChI=1S/C18H24N4O4.C2HF3O2/c1-11(2)16(19)17(23)20-15-9-14(18(24)26-4)21-22(15)10-12-5-7-13(25-3)8-6-12;3-2(4,5)1(6)7/h5-9,11,16H,10,19H2,1-4H3,(H,20,23);(H,6,7)/t16-;/m0./s1. The van der Waals surface area contributed by atoms with Gasteiger partial charge in [-0.3, -0.25) is 4.79 Å². The van der Waals surface area contributed by atoms with E-state index in [1.165, 1.54) is 13.2 Å². The lowest BCUT2D eigenvalue weighted by molar-refractivity contribution is -0.412. The molecule has 10 nitrogen and oxygen atoms in total. The Bertz CT molecular complexity index is 958. The number of esters is 1. The summed E-state index contributed by atoms with van der Waals surface area (Å²) in [7, 11) is 2.89. The zero-order valence-corrected chi connectivity index (χ0v) is 18.4. The first kappa shape index (κ1) is 27.4. The minimum atomic E-state index is -5.19. The van der Waals surface area contributed by atoms with Crippen LogP contribution in [0.4, 0.5) is 19.0 Å². The Kier molecular flexibility index (Phi) is 9.85. The fourth-order valence-corrected chi connectivity index (χ4v) is 2.27. The fourth-order valence-electron chi connectivity index (χ4n) is 2.27. The number of aliphatic carboxylic acids is 1. The Morgan fingerprint density at radius 1 is 1.18 bits per heavy atom. The molecular weight excluding hydrogens is 449 g/mol. The Labute approximate surface area is 187 Å². The maximum absolute atomic E-state index is 12.3. The molecule has 0 spiro atoms. The van der Waals surface area contributed by atoms with Gasteiger partial charge in [-0.25, -0.2) is 9.48 Å². The Balaban J connectivity index is 0.000000675. The molecule has 0 unspecified atom stereocenters. The highest BCUT2D eigenvalue weighted by Crippen LogP contribution is 2.17. The summed E-state index contributed by atoms with van der Waals surface area (Å²) in [6.07, 6.45) is -5.19. The van der Waals surface area contributed by atoms with Crippen molar-refractivity contribution in [3.05, 3.63) is 41.6 Å². The number of ether oxygens (including phenoxy) is 2.